The third kappa shape index (κ3) is 7.40. The first kappa shape index (κ1) is 10.5. The minimum Gasteiger partial charge on any atom is -0.389 e. The van der Waals surface area contributed by atoms with E-state index in [9.17, 15) is 0 Å². The fourth-order valence-electron chi connectivity index (χ4n) is 0.846. The minimum atomic E-state index is 0.758. The van der Waals surface area contributed by atoms with Gasteiger partial charge in [-0.25, -0.2) is 0 Å². The molecular formula is C9H20N2. The number of hydrogen-bond donors (Lipinski definition) is 2. The molecule has 66 valence electrons. The van der Waals surface area contributed by atoms with Crippen molar-refractivity contribution in [3.63, 3.8) is 0 Å². The summed E-state index contributed by atoms with van der Waals surface area (Å²) >= 11 is 0. The van der Waals surface area contributed by atoms with Crippen LogP contribution in [0.3, 0.4) is 0 Å². The van der Waals surface area contributed by atoms with E-state index < -0.39 is 0 Å². The summed E-state index contributed by atoms with van der Waals surface area (Å²) in [7, 11) is 0. The van der Waals surface area contributed by atoms with E-state index in [-0.39, 0.29) is 0 Å². The lowest BCUT2D eigenvalue weighted by Gasteiger charge is -2.07. The Balaban J connectivity index is 3.09. The number of nitrogens with two attached hydrogens (primary N) is 1. The van der Waals surface area contributed by atoms with Crippen LogP contribution in [0.2, 0.25) is 0 Å². The second-order valence-electron chi connectivity index (χ2n) is 2.78. The van der Waals surface area contributed by atoms with Crippen LogP contribution in [-0.2, 0) is 0 Å². The SMILES string of the molecule is C=C(CCCN)NCCCC. The molecule has 0 aliphatic heterocycles. The van der Waals surface area contributed by atoms with Crippen LogP contribution in [0, 0.1) is 0 Å². The van der Waals surface area contributed by atoms with E-state index in [0.29, 0.717) is 0 Å². The van der Waals surface area contributed by atoms with Crippen LogP contribution in [0.15, 0.2) is 12.3 Å². The maximum absolute atomic E-state index is 5.36. The summed E-state index contributed by atoms with van der Waals surface area (Å²) < 4.78 is 0. The molecule has 0 aliphatic rings. The molecule has 0 bridgehead atoms. The number of hydrogen-bond acceptors (Lipinski definition) is 2. The number of nitrogens with one attached hydrogen (secondary N) is 1. The number of rotatable bonds is 7. The zero-order valence-electron chi connectivity index (χ0n) is 7.53. The normalized spacial score (nSPS) is 9.64. The van der Waals surface area contributed by atoms with Crippen molar-refractivity contribution in [2.24, 2.45) is 5.73 Å². The first-order chi connectivity index (χ1) is 5.31. The maximum atomic E-state index is 5.36. The molecule has 0 radical (unpaired) electrons. The maximum Gasteiger partial charge on any atom is 0.0143 e. The molecule has 0 unspecified atom stereocenters. The van der Waals surface area contributed by atoms with Gasteiger partial charge in [0.15, 0.2) is 0 Å². The standard InChI is InChI=1S/C9H20N2/c1-3-4-8-11-9(2)6-5-7-10/h11H,2-8,10H2,1H3. The smallest absolute Gasteiger partial charge is 0.0143 e. The summed E-state index contributed by atoms with van der Waals surface area (Å²) in [6, 6.07) is 0. The van der Waals surface area contributed by atoms with Gasteiger partial charge in [-0.3, -0.25) is 0 Å². The van der Waals surface area contributed by atoms with Gasteiger partial charge >= 0.3 is 0 Å². The lowest BCUT2D eigenvalue weighted by Crippen LogP contribution is -2.14. The van der Waals surface area contributed by atoms with Gasteiger partial charge in [-0.15, -0.1) is 0 Å². The molecule has 0 saturated heterocycles. The second-order valence-corrected chi connectivity index (χ2v) is 2.78. The van der Waals surface area contributed by atoms with Crippen molar-refractivity contribution in [2.75, 3.05) is 13.1 Å². The third-order valence-corrected chi connectivity index (χ3v) is 1.59. The van der Waals surface area contributed by atoms with Gasteiger partial charge in [0, 0.05) is 12.2 Å². The Morgan fingerprint density at radius 3 is 2.73 bits per heavy atom. The van der Waals surface area contributed by atoms with E-state index in [0.717, 1.165) is 31.6 Å². The lowest BCUT2D eigenvalue weighted by molar-refractivity contribution is 0.673. The first-order valence-corrected chi connectivity index (χ1v) is 4.43. The van der Waals surface area contributed by atoms with E-state index in [4.69, 9.17) is 5.73 Å². The van der Waals surface area contributed by atoms with E-state index in [2.05, 4.69) is 18.8 Å². The number of unbranched alkanes of at least 4 members (excludes halogenated alkanes) is 1. The van der Waals surface area contributed by atoms with E-state index in [1.54, 1.807) is 0 Å². The zero-order chi connectivity index (χ0) is 8.53. The average Bonchev–Trinajstić information content (AvgIpc) is 2.01. The zero-order valence-corrected chi connectivity index (χ0v) is 7.53. The molecule has 2 nitrogen and oxygen atoms in total. The van der Waals surface area contributed by atoms with Crippen molar-refractivity contribution in [3.8, 4) is 0 Å². The van der Waals surface area contributed by atoms with Crippen LogP contribution in [0.4, 0.5) is 0 Å². The molecule has 0 atom stereocenters. The molecule has 0 saturated carbocycles. The Labute approximate surface area is 69.9 Å². The predicted octanol–water partition coefficient (Wildman–Crippen LogP) is 1.63. The molecule has 0 aromatic heterocycles. The Morgan fingerprint density at radius 1 is 1.45 bits per heavy atom. The average molecular weight is 156 g/mol. The van der Waals surface area contributed by atoms with Crippen LogP contribution in [-0.4, -0.2) is 13.1 Å². The molecule has 0 heterocycles. The molecule has 0 spiro atoms. The first-order valence-electron chi connectivity index (χ1n) is 4.43. The summed E-state index contributed by atoms with van der Waals surface area (Å²) in [6.07, 6.45) is 4.51. The molecule has 3 N–H and O–H groups in total. The summed E-state index contributed by atoms with van der Waals surface area (Å²) in [5, 5.41) is 3.27. The minimum absolute atomic E-state index is 0.758. The summed E-state index contributed by atoms with van der Waals surface area (Å²) in [5.74, 6) is 0. The highest BCUT2D eigenvalue weighted by atomic mass is 14.9. The molecule has 2 heteroatoms. The summed E-state index contributed by atoms with van der Waals surface area (Å²) in [4.78, 5) is 0. The molecule has 11 heavy (non-hydrogen) atoms. The molecule has 0 fully saturated rings. The van der Waals surface area contributed by atoms with Crippen molar-refractivity contribution in [3.05, 3.63) is 12.3 Å². The Morgan fingerprint density at radius 2 is 2.18 bits per heavy atom. The molecule has 0 aliphatic carbocycles. The molecule has 0 aromatic rings. The number of allylic oxidation sites excluding steroid dienone is 1. The topological polar surface area (TPSA) is 38.0 Å². The summed E-state index contributed by atoms with van der Waals surface area (Å²) in [5.41, 5.74) is 6.49. The van der Waals surface area contributed by atoms with Crippen LogP contribution >= 0.6 is 0 Å². The summed E-state index contributed by atoms with van der Waals surface area (Å²) in [6.45, 7) is 7.90. The van der Waals surface area contributed by atoms with Gasteiger partial charge in [0.25, 0.3) is 0 Å². The second kappa shape index (κ2) is 7.61. The van der Waals surface area contributed by atoms with Gasteiger partial charge in [0.2, 0.25) is 0 Å². The van der Waals surface area contributed by atoms with Crippen molar-refractivity contribution >= 4 is 0 Å². The van der Waals surface area contributed by atoms with Gasteiger partial charge < -0.3 is 11.1 Å². The van der Waals surface area contributed by atoms with E-state index in [1.807, 2.05) is 0 Å². The molecular weight excluding hydrogens is 136 g/mol. The van der Waals surface area contributed by atoms with E-state index >= 15 is 0 Å². The molecule has 0 amide bonds. The van der Waals surface area contributed by atoms with Gasteiger partial charge in [0.05, 0.1) is 0 Å². The van der Waals surface area contributed by atoms with Crippen molar-refractivity contribution < 1.29 is 0 Å². The Hall–Kier alpha value is -0.500. The van der Waals surface area contributed by atoms with Crippen molar-refractivity contribution in [1.29, 1.82) is 0 Å². The van der Waals surface area contributed by atoms with Crippen LogP contribution in [0.25, 0.3) is 0 Å². The fraction of sp³-hybridized carbons (Fsp3) is 0.778. The van der Waals surface area contributed by atoms with Crippen molar-refractivity contribution in [2.45, 2.75) is 32.6 Å². The quantitative estimate of drug-likeness (QED) is 0.550. The van der Waals surface area contributed by atoms with Crippen LogP contribution in [0.5, 0.6) is 0 Å². The molecule has 0 aromatic carbocycles. The fourth-order valence-corrected chi connectivity index (χ4v) is 0.846. The lowest BCUT2D eigenvalue weighted by atomic mass is 10.2. The predicted molar refractivity (Wildman–Crippen MR) is 50.3 cm³/mol. The highest BCUT2D eigenvalue weighted by Crippen LogP contribution is 1.96. The highest BCUT2D eigenvalue weighted by Gasteiger charge is 1.90. The van der Waals surface area contributed by atoms with Gasteiger partial charge in [-0.1, -0.05) is 19.9 Å². The van der Waals surface area contributed by atoms with Gasteiger partial charge in [0.1, 0.15) is 0 Å². The third-order valence-electron chi connectivity index (χ3n) is 1.59. The Bertz CT molecular complexity index is 99.7. The van der Waals surface area contributed by atoms with Crippen LogP contribution < -0.4 is 11.1 Å². The van der Waals surface area contributed by atoms with Gasteiger partial charge in [-0.05, 0) is 25.8 Å². The monoisotopic (exact) mass is 156 g/mol. The largest absolute Gasteiger partial charge is 0.389 e. The Kier molecular flexibility index (Phi) is 7.26. The van der Waals surface area contributed by atoms with E-state index in [1.165, 1.54) is 12.8 Å². The van der Waals surface area contributed by atoms with Gasteiger partial charge in [-0.2, -0.15) is 0 Å². The molecule has 0 rings (SSSR count). The highest BCUT2D eigenvalue weighted by molar-refractivity contribution is 4.90. The van der Waals surface area contributed by atoms with Crippen molar-refractivity contribution in [1.82, 2.24) is 5.32 Å². The van der Waals surface area contributed by atoms with Crippen LogP contribution in [0.1, 0.15) is 32.6 Å².